The fourth-order valence-corrected chi connectivity index (χ4v) is 2.66. The zero-order chi connectivity index (χ0) is 14.1. The molecular weight excluding hydrogens is 320 g/mol. The smallest absolute Gasteiger partial charge is 0.149 e. The fourth-order valence-electron chi connectivity index (χ4n) is 2.17. The number of ether oxygens (including phenoxy) is 2. The average molecular weight is 333 g/mol. The molecule has 0 bridgehead atoms. The first-order valence-corrected chi connectivity index (χ1v) is 6.89. The summed E-state index contributed by atoms with van der Waals surface area (Å²) in [6.07, 6.45) is 1.98. The van der Waals surface area contributed by atoms with Crippen molar-refractivity contribution in [1.29, 1.82) is 0 Å². The minimum Gasteiger partial charge on any atom is -0.497 e. The molecule has 2 aromatic heterocycles. The maximum atomic E-state index is 5.45. The van der Waals surface area contributed by atoms with Crippen molar-refractivity contribution in [2.45, 2.75) is 0 Å². The van der Waals surface area contributed by atoms with Crippen LogP contribution in [0.2, 0.25) is 0 Å². The summed E-state index contributed by atoms with van der Waals surface area (Å²) < 4.78 is 13.5. The third-order valence-electron chi connectivity index (χ3n) is 3.15. The van der Waals surface area contributed by atoms with Crippen molar-refractivity contribution in [3.05, 3.63) is 47.2 Å². The van der Waals surface area contributed by atoms with Crippen LogP contribution in [-0.2, 0) is 0 Å². The molecule has 0 unspecified atom stereocenters. The SMILES string of the molecule is COc1ccc(-c2nc(Br)c3ccccn23)c(OC)c1. The number of methoxy groups -OCH3 is 2. The van der Waals surface area contributed by atoms with Crippen LogP contribution in [0.25, 0.3) is 16.9 Å². The van der Waals surface area contributed by atoms with Gasteiger partial charge in [-0.15, -0.1) is 0 Å². The Hall–Kier alpha value is -2.01. The van der Waals surface area contributed by atoms with E-state index in [0.29, 0.717) is 0 Å². The highest BCUT2D eigenvalue weighted by Crippen LogP contribution is 2.34. The van der Waals surface area contributed by atoms with Crippen LogP contribution in [0, 0.1) is 0 Å². The van der Waals surface area contributed by atoms with Crippen LogP contribution >= 0.6 is 15.9 Å². The molecule has 0 aliphatic carbocycles. The standard InChI is InChI=1S/C15H13BrN2O2/c1-19-10-6-7-11(13(9-10)20-2)15-17-14(16)12-5-3-4-8-18(12)15/h3-9H,1-2H3. The molecule has 0 atom stereocenters. The Bertz CT molecular complexity index is 768. The first-order chi connectivity index (χ1) is 9.74. The highest BCUT2D eigenvalue weighted by molar-refractivity contribution is 9.10. The zero-order valence-corrected chi connectivity index (χ0v) is 12.7. The van der Waals surface area contributed by atoms with Gasteiger partial charge in [0.15, 0.2) is 0 Å². The summed E-state index contributed by atoms with van der Waals surface area (Å²) >= 11 is 3.49. The Kier molecular flexibility index (Phi) is 3.36. The van der Waals surface area contributed by atoms with Crippen molar-refractivity contribution in [3.8, 4) is 22.9 Å². The monoisotopic (exact) mass is 332 g/mol. The Morgan fingerprint density at radius 3 is 2.70 bits per heavy atom. The molecule has 0 aliphatic rings. The van der Waals surface area contributed by atoms with E-state index in [-0.39, 0.29) is 0 Å². The van der Waals surface area contributed by atoms with Crippen molar-refractivity contribution in [2.75, 3.05) is 14.2 Å². The van der Waals surface area contributed by atoms with Gasteiger partial charge in [0.25, 0.3) is 0 Å². The van der Waals surface area contributed by atoms with Gasteiger partial charge in [-0.1, -0.05) is 6.07 Å². The van der Waals surface area contributed by atoms with Crippen LogP contribution < -0.4 is 9.47 Å². The second kappa shape index (κ2) is 5.17. The maximum absolute atomic E-state index is 5.45. The Morgan fingerprint density at radius 1 is 1.10 bits per heavy atom. The van der Waals surface area contributed by atoms with E-state index in [1.165, 1.54) is 0 Å². The molecule has 4 nitrogen and oxygen atoms in total. The summed E-state index contributed by atoms with van der Waals surface area (Å²) in [6, 6.07) is 11.7. The Labute approximate surface area is 125 Å². The van der Waals surface area contributed by atoms with E-state index in [0.717, 1.165) is 33.0 Å². The van der Waals surface area contributed by atoms with Crippen LogP contribution in [-0.4, -0.2) is 23.6 Å². The average Bonchev–Trinajstić information content (AvgIpc) is 2.84. The third-order valence-corrected chi connectivity index (χ3v) is 3.74. The highest BCUT2D eigenvalue weighted by atomic mass is 79.9. The minimum atomic E-state index is 0.729. The fraction of sp³-hybridized carbons (Fsp3) is 0.133. The van der Waals surface area contributed by atoms with Gasteiger partial charge in [-0.25, -0.2) is 4.98 Å². The molecule has 3 aromatic rings. The lowest BCUT2D eigenvalue weighted by Gasteiger charge is -2.09. The van der Waals surface area contributed by atoms with Gasteiger partial charge in [0.2, 0.25) is 0 Å². The number of imidazole rings is 1. The van der Waals surface area contributed by atoms with Gasteiger partial charge in [-0.3, -0.25) is 4.40 Å². The quantitative estimate of drug-likeness (QED) is 0.732. The molecule has 0 radical (unpaired) electrons. The topological polar surface area (TPSA) is 35.8 Å². The molecule has 1 aromatic carbocycles. The van der Waals surface area contributed by atoms with Crippen LogP contribution in [0.1, 0.15) is 0 Å². The summed E-state index contributed by atoms with van der Waals surface area (Å²) in [5.74, 6) is 2.31. The number of hydrogen-bond acceptors (Lipinski definition) is 3. The number of halogens is 1. The van der Waals surface area contributed by atoms with E-state index in [1.54, 1.807) is 14.2 Å². The van der Waals surface area contributed by atoms with Crippen LogP contribution in [0.3, 0.4) is 0 Å². The van der Waals surface area contributed by atoms with Crippen molar-refractivity contribution < 1.29 is 9.47 Å². The Morgan fingerprint density at radius 2 is 1.95 bits per heavy atom. The van der Waals surface area contributed by atoms with Crippen molar-refractivity contribution in [2.24, 2.45) is 0 Å². The first kappa shape index (κ1) is 13.0. The zero-order valence-electron chi connectivity index (χ0n) is 11.1. The third kappa shape index (κ3) is 2.04. The van der Waals surface area contributed by atoms with Crippen molar-refractivity contribution >= 4 is 21.4 Å². The normalized spacial score (nSPS) is 10.8. The Balaban J connectivity index is 2.25. The van der Waals surface area contributed by atoms with Crippen molar-refractivity contribution in [1.82, 2.24) is 9.38 Å². The number of fused-ring (bicyclic) bond motifs is 1. The predicted octanol–water partition coefficient (Wildman–Crippen LogP) is 3.78. The lowest BCUT2D eigenvalue weighted by atomic mass is 10.2. The van der Waals surface area contributed by atoms with E-state index in [1.807, 2.05) is 47.0 Å². The molecule has 0 N–H and O–H groups in total. The maximum Gasteiger partial charge on any atom is 0.149 e. The van der Waals surface area contributed by atoms with E-state index < -0.39 is 0 Å². The van der Waals surface area contributed by atoms with E-state index in [2.05, 4.69) is 20.9 Å². The molecule has 2 heterocycles. The molecule has 0 saturated carbocycles. The van der Waals surface area contributed by atoms with E-state index >= 15 is 0 Å². The summed E-state index contributed by atoms with van der Waals surface area (Å²) in [5, 5.41) is 0. The molecule has 20 heavy (non-hydrogen) atoms. The van der Waals surface area contributed by atoms with Gasteiger partial charge < -0.3 is 9.47 Å². The lowest BCUT2D eigenvalue weighted by molar-refractivity contribution is 0.395. The van der Waals surface area contributed by atoms with Gasteiger partial charge in [0, 0.05) is 12.3 Å². The molecule has 0 fully saturated rings. The summed E-state index contributed by atoms with van der Waals surface area (Å²) in [7, 11) is 3.28. The number of nitrogens with zero attached hydrogens (tertiary/aromatic N) is 2. The van der Waals surface area contributed by atoms with Gasteiger partial charge in [0.05, 0.1) is 25.3 Å². The summed E-state index contributed by atoms with van der Waals surface area (Å²) in [6.45, 7) is 0. The number of rotatable bonds is 3. The number of hydrogen-bond donors (Lipinski definition) is 0. The first-order valence-electron chi connectivity index (χ1n) is 6.09. The number of aromatic nitrogens is 2. The molecular formula is C15H13BrN2O2. The molecule has 0 amide bonds. The van der Waals surface area contributed by atoms with Gasteiger partial charge in [-0.2, -0.15) is 0 Å². The largest absolute Gasteiger partial charge is 0.497 e. The van der Waals surface area contributed by atoms with Gasteiger partial charge in [-0.05, 0) is 40.2 Å². The van der Waals surface area contributed by atoms with Crippen LogP contribution in [0.5, 0.6) is 11.5 Å². The van der Waals surface area contributed by atoms with Gasteiger partial charge in [0.1, 0.15) is 21.9 Å². The van der Waals surface area contributed by atoms with Crippen molar-refractivity contribution in [3.63, 3.8) is 0 Å². The molecule has 0 saturated heterocycles. The molecule has 102 valence electrons. The molecule has 3 rings (SSSR count). The second-order valence-corrected chi connectivity index (χ2v) is 5.00. The molecule has 0 aliphatic heterocycles. The summed E-state index contributed by atoms with van der Waals surface area (Å²) in [4.78, 5) is 4.58. The number of pyridine rings is 1. The number of benzene rings is 1. The van der Waals surface area contributed by atoms with Gasteiger partial charge >= 0.3 is 0 Å². The second-order valence-electron chi connectivity index (χ2n) is 4.25. The van der Waals surface area contributed by atoms with Crippen LogP contribution in [0.15, 0.2) is 47.2 Å². The van der Waals surface area contributed by atoms with E-state index in [4.69, 9.17) is 9.47 Å². The predicted molar refractivity (Wildman–Crippen MR) is 81.4 cm³/mol. The van der Waals surface area contributed by atoms with Crippen LogP contribution in [0.4, 0.5) is 0 Å². The lowest BCUT2D eigenvalue weighted by Crippen LogP contribution is -1.94. The molecule has 5 heteroatoms. The highest BCUT2D eigenvalue weighted by Gasteiger charge is 2.15. The summed E-state index contributed by atoms with van der Waals surface area (Å²) in [5.41, 5.74) is 1.93. The molecule has 0 spiro atoms. The minimum absolute atomic E-state index is 0.729. The van der Waals surface area contributed by atoms with E-state index in [9.17, 15) is 0 Å².